The number of para-hydroxylation sites is 2. The van der Waals surface area contributed by atoms with Gasteiger partial charge >= 0.3 is 0 Å². The highest BCUT2D eigenvalue weighted by Crippen LogP contribution is 2.24. The topological polar surface area (TPSA) is 47.3 Å². The summed E-state index contributed by atoms with van der Waals surface area (Å²) in [4.78, 5) is 0. The van der Waals surface area contributed by atoms with Crippen LogP contribution >= 0.6 is 0 Å². The highest BCUT2D eigenvalue weighted by molar-refractivity contribution is 5.56. The van der Waals surface area contributed by atoms with E-state index in [1.807, 2.05) is 38.1 Å². The van der Waals surface area contributed by atoms with Crippen LogP contribution in [0.3, 0.4) is 0 Å². The second kappa shape index (κ2) is 7.27. The Bertz CT molecular complexity index is 350. The molecule has 0 aliphatic heterocycles. The number of nitrogens with one attached hydrogen (secondary N) is 1. The molecular formula is C15H26N2O. The molecule has 0 aromatic heterocycles. The SMILES string of the molecule is CC(C)CC(N)CNc1ccccc1OC(C)C. The number of anilines is 1. The molecule has 0 aliphatic rings. The molecule has 1 aromatic carbocycles. The van der Waals surface area contributed by atoms with Gasteiger partial charge in [0.15, 0.2) is 0 Å². The van der Waals surface area contributed by atoms with Crippen molar-refractivity contribution in [3.63, 3.8) is 0 Å². The molecule has 3 N–H and O–H groups in total. The molecule has 0 spiro atoms. The van der Waals surface area contributed by atoms with E-state index in [-0.39, 0.29) is 12.1 Å². The van der Waals surface area contributed by atoms with Crippen LogP contribution in [0.4, 0.5) is 5.69 Å². The number of nitrogens with two attached hydrogens (primary N) is 1. The lowest BCUT2D eigenvalue weighted by molar-refractivity contribution is 0.243. The minimum atomic E-state index is 0.178. The second-order valence-electron chi connectivity index (χ2n) is 5.43. The third-order valence-corrected chi connectivity index (χ3v) is 2.58. The average molecular weight is 250 g/mol. The van der Waals surface area contributed by atoms with Crippen LogP contribution in [0.25, 0.3) is 0 Å². The van der Waals surface area contributed by atoms with E-state index in [1.165, 1.54) is 0 Å². The maximum Gasteiger partial charge on any atom is 0.142 e. The molecule has 1 aromatic rings. The summed E-state index contributed by atoms with van der Waals surface area (Å²) < 4.78 is 5.76. The molecule has 1 unspecified atom stereocenters. The monoisotopic (exact) mass is 250 g/mol. The molecule has 3 nitrogen and oxygen atoms in total. The van der Waals surface area contributed by atoms with Gasteiger partial charge in [0.2, 0.25) is 0 Å². The molecule has 1 rings (SSSR count). The van der Waals surface area contributed by atoms with E-state index in [0.717, 1.165) is 24.4 Å². The smallest absolute Gasteiger partial charge is 0.142 e. The third-order valence-electron chi connectivity index (χ3n) is 2.58. The number of ether oxygens (including phenoxy) is 1. The normalized spacial score (nSPS) is 12.8. The van der Waals surface area contributed by atoms with Crippen molar-refractivity contribution < 1.29 is 4.74 Å². The van der Waals surface area contributed by atoms with Gasteiger partial charge in [0.25, 0.3) is 0 Å². The van der Waals surface area contributed by atoms with E-state index in [0.29, 0.717) is 5.92 Å². The molecule has 0 saturated carbocycles. The lowest BCUT2D eigenvalue weighted by atomic mass is 10.0. The molecule has 0 aliphatic carbocycles. The Morgan fingerprint density at radius 3 is 2.44 bits per heavy atom. The summed E-state index contributed by atoms with van der Waals surface area (Å²) >= 11 is 0. The van der Waals surface area contributed by atoms with Crippen LogP contribution in [0, 0.1) is 5.92 Å². The second-order valence-corrected chi connectivity index (χ2v) is 5.43. The van der Waals surface area contributed by atoms with Crippen molar-refractivity contribution in [1.82, 2.24) is 0 Å². The minimum absolute atomic E-state index is 0.178. The van der Waals surface area contributed by atoms with Gasteiger partial charge < -0.3 is 15.8 Å². The summed E-state index contributed by atoms with van der Waals surface area (Å²) in [6, 6.07) is 8.17. The van der Waals surface area contributed by atoms with Crippen molar-refractivity contribution in [1.29, 1.82) is 0 Å². The molecule has 0 bridgehead atoms. The van der Waals surface area contributed by atoms with E-state index in [2.05, 4.69) is 19.2 Å². The number of hydrogen-bond acceptors (Lipinski definition) is 3. The van der Waals surface area contributed by atoms with Crippen molar-refractivity contribution >= 4 is 5.69 Å². The molecule has 18 heavy (non-hydrogen) atoms. The van der Waals surface area contributed by atoms with Crippen LogP contribution in [0.15, 0.2) is 24.3 Å². The van der Waals surface area contributed by atoms with E-state index in [1.54, 1.807) is 0 Å². The molecule has 0 amide bonds. The van der Waals surface area contributed by atoms with Crippen molar-refractivity contribution in [2.75, 3.05) is 11.9 Å². The standard InChI is InChI=1S/C15H26N2O/c1-11(2)9-13(16)10-17-14-7-5-6-8-15(14)18-12(3)4/h5-8,11-13,17H,9-10,16H2,1-4H3. The molecule has 0 heterocycles. The Balaban J connectivity index is 2.55. The zero-order valence-corrected chi connectivity index (χ0v) is 11.9. The summed E-state index contributed by atoms with van der Waals surface area (Å²) in [6.07, 6.45) is 1.21. The van der Waals surface area contributed by atoms with Gasteiger partial charge in [-0.05, 0) is 38.3 Å². The van der Waals surface area contributed by atoms with Crippen molar-refractivity contribution in [2.45, 2.75) is 46.3 Å². The Morgan fingerprint density at radius 2 is 1.83 bits per heavy atom. The Hall–Kier alpha value is -1.22. The largest absolute Gasteiger partial charge is 0.489 e. The minimum Gasteiger partial charge on any atom is -0.489 e. The molecule has 0 fully saturated rings. The molecular weight excluding hydrogens is 224 g/mol. The lowest BCUT2D eigenvalue weighted by Crippen LogP contribution is -2.30. The van der Waals surface area contributed by atoms with Crippen LogP contribution < -0.4 is 15.8 Å². The van der Waals surface area contributed by atoms with Crippen LogP contribution in [-0.4, -0.2) is 18.7 Å². The van der Waals surface area contributed by atoms with Crippen molar-refractivity contribution in [3.05, 3.63) is 24.3 Å². The van der Waals surface area contributed by atoms with Gasteiger partial charge in [0.05, 0.1) is 11.8 Å². The van der Waals surface area contributed by atoms with Gasteiger partial charge in [-0.15, -0.1) is 0 Å². The maximum atomic E-state index is 6.07. The van der Waals surface area contributed by atoms with Crippen molar-refractivity contribution in [3.8, 4) is 5.75 Å². The first-order valence-electron chi connectivity index (χ1n) is 6.74. The predicted molar refractivity (Wildman–Crippen MR) is 78.1 cm³/mol. The highest BCUT2D eigenvalue weighted by Gasteiger charge is 2.08. The van der Waals surface area contributed by atoms with Crippen molar-refractivity contribution in [2.24, 2.45) is 11.7 Å². The van der Waals surface area contributed by atoms with Gasteiger partial charge in [0, 0.05) is 12.6 Å². The average Bonchev–Trinajstić information content (AvgIpc) is 2.26. The zero-order chi connectivity index (χ0) is 13.5. The Kier molecular flexibility index (Phi) is 5.99. The van der Waals surface area contributed by atoms with Gasteiger partial charge in [-0.1, -0.05) is 26.0 Å². The van der Waals surface area contributed by atoms with Gasteiger partial charge in [-0.3, -0.25) is 0 Å². The summed E-state index contributed by atoms with van der Waals surface area (Å²) in [5.41, 5.74) is 7.09. The highest BCUT2D eigenvalue weighted by atomic mass is 16.5. The molecule has 3 heteroatoms. The Labute approximate surface area is 111 Å². The summed E-state index contributed by atoms with van der Waals surface area (Å²) in [5, 5.41) is 3.37. The molecule has 0 radical (unpaired) electrons. The first kappa shape index (κ1) is 14.8. The molecule has 102 valence electrons. The first-order valence-corrected chi connectivity index (χ1v) is 6.74. The molecule has 1 atom stereocenters. The van der Waals surface area contributed by atoms with E-state index >= 15 is 0 Å². The molecule has 0 saturated heterocycles. The van der Waals surface area contributed by atoms with Crippen LogP contribution in [0.2, 0.25) is 0 Å². The van der Waals surface area contributed by atoms with Gasteiger partial charge in [0.1, 0.15) is 5.75 Å². The van der Waals surface area contributed by atoms with Crippen LogP contribution in [-0.2, 0) is 0 Å². The van der Waals surface area contributed by atoms with Gasteiger partial charge in [-0.2, -0.15) is 0 Å². The number of rotatable bonds is 7. The third kappa shape index (κ3) is 5.41. The summed E-state index contributed by atoms with van der Waals surface area (Å²) in [6.45, 7) is 9.21. The fraction of sp³-hybridized carbons (Fsp3) is 0.600. The van der Waals surface area contributed by atoms with E-state index in [4.69, 9.17) is 10.5 Å². The lowest BCUT2D eigenvalue weighted by Gasteiger charge is -2.18. The Morgan fingerprint density at radius 1 is 1.17 bits per heavy atom. The number of hydrogen-bond donors (Lipinski definition) is 2. The quantitative estimate of drug-likeness (QED) is 0.781. The fourth-order valence-electron chi connectivity index (χ4n) is 1.90. The summed E-state index contributed by atoms with van der Waals surface area (Å²) in [5.74, 6) is 1.52. The van der Waals surface area contributed by atoms with Crippen LogP contribution in [0.5, 0.6) is 5.75 Å². The predicted octanol–water partition coefficient (Wildman–Crippen LogP) is 3.26. The van der Waals surface area contributed by atoms with Crippen LogP contribution in [0.1, 0.15) is 34.1 Å². The maximum absolute atomic E-state index is 6.07. The number of benzene rings is 1. The zero-order valence-electron chi connectivity index (χ0n) is 11.9. The first-order chi connectivity index (χ1) is 8.49. The fourth-order valence-corrected chi connectivity index (χ4v) is 1.90. The van der Waals surface area contributed by atoms with E-state index < -0.39 is 0 Å². The summed E-state index contributed by atoms with van der Waals surface area (Å²) in [7, 11) is 0. The van der Waals surface area contributed by atoms with E-state index in [9.17, 15) is 0 Å². The van der Waals surface area contributed by atoms with Gasteiger partial charge in [-0.25, -0.2) is 0 Å².